The van der Waals surface area contributed by atoms with Gasteiger partial charge in [0.25, 0.3) is 0 Å². The zero-order chi connectivity index (χ0) is 29.4. The third kappa shape index (κ3) is 5.71. The van der Waals surface area contributed by atoms with Crippen LogP contribution in [0.3, 0.4) is 0 Å². The highest BCUT2D eigenvalue weighted by Gasteiger charge is 2.20. The second kappa shape index (κ2) is 10.9. The third-order valence-corrected chi connectivity index (χ3v) is 7.13. The van der Waals surface area contributed by atoms with Gasteiger partial charge in [-0.15, -0.1) is 0 Å². The molecule has 1 aliphatic heterocycles. The molecule has 0 bridgehead atoms. The van der Waals surface area contributed by atoms with Crippen LogP contribution >= 0.6 is 0 Å². The Morgan fingerprint density at radius 3 is 2.45 bits per heavy atom. The first-order valence-electron chi connectivity index (χ1n) is 14.1. The Kier molecular flexibility index (Phi) is 7.16. The van der Waals surface area contributed by atoms with Crippen LogP contribution in [0.2, 0.25) is 0 Å². The number of fused-ring (bicyclic) bond motifs is 1. The predicted molar refractivity (Wildman–Crippen MR) is 164 cm³/mol. The van der Waals surface area contributed by atoms with Crippen LogP contribution < -0.4 is 10.2 Å². The largest absolute Gasteiger partial charge is 0.443 e. The van der Waals surface area contributed by atoms with Crippen molar-refractivity contribution in [2.45, 2.75) is 33.3 Å². The number of morpholine rings is 1. The number of anilines is 3. The van der Waals surface area contributed by atoms with Crippen molar-refractivity contribution in [1.82, 2.24) is 24.3 Å². The van der Waals surface area contributed by atoms with Crippen LogP contribution in [0.5, 0.6) is 0 Å². The van der Waals surface area contributed by atoms with Crippen molar-refractivity contribution < 1.29 is 14.3 Å². The first-order valence-corrected chi connectivity index (χ1v) is 14.1. The van der Waals surface area contributed by atoms with Gasteiger partial charge in [-0.1, -0.05) is 24.3 Å². The fourth-order valence-corrected chi connectivity index (χ4v) is 5.11. The van der Waals surface area contributed by atoms with E-state index in [0.717, 1.165) is 57.9 Å². The summed E-state index contributed by atoms with van der Waals surface area (Å²) < 4.78 is 14.6. The molecule has 0 aliphatic carbocycles. The monoisotopic (exact) mass is 565 g/mol. The normalized spacial score (nSPS) is 13.9. The molecule has 10 heteroatoms. The van der Waals surface area contributed by atoms with E-state index >= 15 is 0 Å². The molecule has 42 heavy (non-hydrogen) atoms. The Morgan fingerprint density at radius 2 is 1.71 bits per heavy atom. The van der Waals surface area contributed by atoms with Crippen molar-refractivity contribution in [3.8, 4) is 22.5 Å². The van der Waals surface area contributed by atoms with Crippen molar-refractivity contribution in [2.75, 3.05) is 36.5 Å². The van der Waals surface area contributed by atoms with Gasteiger partial charge in [-0.25, -0.2) is 9.78 Å². The number of rotatable bonds is 5. The molecule has 1 fully saturated rings. The molecule has 0 radical (unpaired) electrons. The molecule has 1 N–H and O–H groups in total. The van der Waals surface area contributed by atoms with E-state index in [-0.39, 0.29) is 0 Å². The quantitative estimate of drug-likeness (QED) is 0.270. The second-order valence-electron chi connectivity index (χ2n) is 11.4. The van der Waals surface area contributed by atoms with Crippen LogP contribution in [0.15, 0.2) is 66.9 Å². The molecule has 4 heterocycles. The van der Waals surface area contributed by atoms with Crippen LogP contribution in [0.1, 0.15) is 26.5 Å². The van der Waals surface area contributed by atoms with E-state index < -0.39 is 11.7 Å². The summed E-state index contributed by atoms with van der Waals surface area (Å²) in [6.45, 7) is 10.3. The lowest BCUT2D eigenvalue weighted by Gasteiger charge is -2.27. The van der Waals surface area contributed by atoms with Gasteiger partial charge < -0.3 is 19.7 Å². The molecule has 0 spiro atoms. The molecule has 216 valence electrons. The smallest absolute Gasteiger partial charge is 0.418 e. The lowest BCUT2D eigenvalue weighted by molar-refractivity contribution is 0.0540. The van der Waals surface area contributed by atoms with Gasteiger partial charge in [0.15, 0.2) is 0 Å². The van der Waals surface area contributed by atoms with E-state index in [9.17, 15) is 4.79 Å². The van der Waals surface area contributed by atoms with Crippen molar-refractivity contribution in [1.29, 1.82) is 0 Å². The van der Waals surface area contributed by atoms with Crippen LogP contribution in [0, 0.1) is 6.92 Å². The molecule has 6 rings (SSSR count). The van der Waals surface area contributed by atoms with E-state index in [1.807, 2.05) is 81.9 Å². The standard InChI is InChI=1S/C32H35N7O3/c1-21-25-13-10-23(19-28(25)37(5)36-21)26-20-29(35-30(34-26)38-15-17-41-18-16-38)33-24-11-8-22(9-12-24)27-7-6-14-39(27)31(40)42-32(2,3)4/h6-14,19-20H,15-18H2,1-5H3,(H,33,34,35). The molecule has 0 amide bonds. The number of hydrogen-bond donors (Lipinski definition) is 1. The molecule has 0 saturated carbocycles. The molecule has 0 unspecified atom stereocenters. The number of aryl methyl sites for hydroxylation is 2. The molecule has 1 aliphatic rings. The Hall–Kier alpha value is -4.70. The summed E-state index contributed by atoms with van der Waals surface area (Å²) in [5, 5.41) is 9.15. The maximum Gasteiger partial charge on any atom is 0.418 e. The summed E-state index contributed by atoms with van der Waals surface area (Å²) >= 11 is 0. The maximum absolute atomic E-state index is 12.7. The number of nitrogens with one attached hydrogen (secondary N) is 1. The summed E-state index contributed by atoms with van der Waals surface area (Å²) in [6.07, 6.45) is 1.31. The summed E-state index contributed by atoms with van der Waals surface area (Å²) in [5.41, 5.74) is 5.81. The van der Waals surface area contributed by atoms with Crippen LogP contribution in [0.25, 0.3) is 33.4 Å². The Balaban J connectivity index is 1.30. The van der Waals surface area contributed by atoms with E-state index in [1.165, 1.54) is 4.57 Å². The number of benzene rings is 2. The van der Waals surface area contributed by atoms with E-state index in [4.69, 9.17) is 19.4 Å². The van der Waals surface area contributed by atoms with Gasteiger partial charge in [0.1, 0.15) is 11.4 Å². The summed E-state index contributed by atoms with van der Waals surface area (Å²) in [6, 6.07) is 19.9. The maximum atomic E-state index is 12.7. The minimum atomic E-state index is -0.578. The highest BCUT2D eigenvalue weighted by molar-refractivity contribution is 5.86. The van der Waals surface area contributed by atoms with Crippen LogP contribution in [-0.4, -0.2) is 62.3 Å². The second-order valence-corrected chi connectivity index (χ2v) is 11.4. The first-order chi connectivity index (χ1) is 20.1. The molecule has 3 aromatic heterocycles. The van der Waals surface area contributed by atoms with Crippen LogP contribution in [0.4, 0.5) is 22.2 Å². The molecule has 2 aromatic carbocycles. The van der Waals surface area contributed by atoms with Gasteiger partial charge >= 0.3 is 6.09 Å². The highest BCUT2D eigenvalue weighted by atomic mass is 16.6. The molecule has 5 aromatic rings. The van der Waals surface area contributed by atoms with Gasteiger partial charge in [0.05, 0.1) is 35.8 Å². The molecule has 1 saturated heterocycles. The number of carbonyl (C=O) groups is 1. The topological polar surface area (TPSA) is 99.3 Å². The van der Waals surface area contributed by atoms with Crippen molar-refractivity contribution >= 4 is 34.4 Å². The lowest BCUT2D eigenvalue weighted by Crippen LogP contribution is -2.37. The van der Waals surface area contributed by atoms with E-state index in [2.05, 4.69) is 33.5 Å². The Bertz CT molecular complexity index is 1740. The SMILES string of the molecule is Cc1nn(C)c2cc(-c3cc(Nc4ccc(-c5cccn5C(=O)OC(C)(C)C)cc4)nc(N4CCOCC4)n3)ccc12. The predicted octanol–water partition coefficient (Wildman–Crippen LogP) is 6.17. The van der Waals surface area contributed by atoms with Crippen LogP contribution in [-0.2, 0) is 16.5 Å². The molecular formula is C32H35N7O3. The zero-order valence-electron chi connectivity index (χ0n) is 24.6. The number of hydrogen-bond acceptors (Lipinski definition) is 8. The van der Waals surface area contributed by atoms with Crippen molar-refractivity contribution in [2.24, 2.45) is 7.05 Å². The van der Waals surface area contributed by atoms with Gasteiger partial charge in [-0.05, 0) is 63.6 Å². The number of ether oxygens (including phenoxy) is 2. The van der Waals surface area contributed by atoms with Gasteiger partial charge in [-0.3, -0.25) is 9.25 Å². The van der Waals surface area contributed by atoms with Crippen molar-refractivity contribution in [3.63, 3.8) is 0 Å². The third-order valence-electron chi connectivity index (χ3n) is 7.13. The minimum Gasteiger partial charge on any atom is -0.443 e. The lowest BCUT2D eigenvalue weighted by atomic mass is 10.1. The number of nitrogens with zero attached hydrogens (tertiary/aromatic N) is 6. The van der Waals surface area contributed by atoms with E-state index in [0.29, 0.717) is 25.0 Å². The average Bonchev–Trinajstić information content (AvgIpc) is 3.57. The Labute approximate surface area is 244 Å². The fourth-order valence-electron chi connectivity index (χ4n) is 5.11. The molecule has 10 nitrogen and oxygen atoms in total. The van der Waals surface area contributed by atoms with Crippen molar-refractivity contribution in [3.05, 3.63) is 72.6 Å². The average molecular weight is 566 g/mol. The number of aromatic nitrogens is 5. The van der Waals surface area contributed by atoms with Gasteiger partial charge in [-0.2, -0.15) is 10.1 Å². The van der Waals surface area contributed by atoms with Gasteiger partial charge in [0, 0.05) is 49.0 Å². The zero-order valence-corrected chi connectivity index (χ0v) is 24.6. The fraction of sp³-hybridized carbons (Fsp3) is 0.312. The molecule has 0 atom stereocenters. The minimum absolute atomic E-state index is 0.409. The molecular weight excluding hydrogens is 530 g/mol. The summed E-state index contributed by atoms with van der Waals surface area (Å²) in [7, 11) is 1.96. The summed E-state index contributed by atoms with van der Waals surface area (Å²) in [5.74, 6) is 1.35. The highest BCUT2D eigenvalue weighted by Crippen LogP contribution is 2.30. The van der Waals surface area contributed by atoms with Gasteiger partial charge in [0.2, 0.25) is 5.95 Å². The number of carbonyl (C=O) groups excluding carboxylic acids is 1. The first kappa shape index (κ1) is 27.5. The Morgan fingerprint density at radius 1 is 0.976 bits per heavy atom. The summed E-state index contributed by atoms with van der Waals surface area (Å²) in [4.78, 5) is 24.7. The van der Waals surface area contributed by atoms with E-state index in [1.54, 1.807) is 6.20 Å².